The summed E-state index contributed by atoms with van der Waals surface area (Å²) in [6, 6.07) is 2.94. The fourth-order valence-corrected chi connectivity index (χ4v) is 1.43. The molecule has 0 aromatic carbocycles. The molecule has 7 heteroatoms. The van der Waals surface area contributed by atoms with Crippen LogP contribution in [0.5, 0.6) is 0 Å². The molecule has 0 aliphatic heterocycles. The summed E-state index contributed by atoms with van der Waals surface area (Å²) in [5.74, 6) is 0.525. The van der Waals surface area contributed by atoms with Crippen LogP contribution in [-0.4, -0.2) is 26.4 Å². The molecule has 1 atom stereocenters. The highest BCUT2D eigenvalue weighted by Gasteiger charge is 2.28. The van der Waals surface area contributed by atoms with E-state index in [-0.39, 0.29) is 6.61 Å². The van der Waals surface area contributed by atoms with Crippen LogP contribution in [0.4, 0.5) is 13.2 Å². The Morgan fingerprint density at radius 2 is 2.19 bits per heavy atom. The van der Waals surface area contributed by atoms with E-state index in [1.807, 2.05) is 0 Å². The third-order valence-electron chi connectivity index (χ3n) is 1.84. The molecule has 0 spiro atoms. The van der Waals surface area contributed by atoms with Crippen LogP contribution >= 0.6 is 15.9 Å². The van der Waals surface area contributed by atoms with Crippen molar-refractivity contribution in [3.63, 3.8) is 0 Å². The maximum Gasteiger partial charge on any atom is 0.411 e. The molecule has 0 aliphatic rings. The Labute approximate surface area is 99.1 Å². The van der Waals surface area contributed by atoms with Crippen molar-refractivity contribution in [2.75, 3.05) is 20.3 Å². The molecule has 1 aromatic rings. The summed E-state index contributed by atoms with van der Waals surface area (Å²) in [6.45, 7) is -1.36. The van der Waals surface area contributed by atoms with Crippen molar-refractivity contribution in [2.24, 2.45) is 0 Å². The van der Waals surface area contributed by atoms with Crippen molar-refractivity contribution in [1.29, 1.82) is 0 Å². The van der Waals surface area contributed by atoms with E-state index in [1.54, 1.807) is 19.2 Å². The van der Waals surface area contributed by atoms with Gasteiger partial charge in [-0.1, -0.05) is 0 Å². The molecule has 1 heterocycles. The lowest BCUT2D eigenvalue weighted by Gasteiger charge is -2.14. The lowest BCUT2D eigenvalue weighted by atomic mass is 10.2. The number of likely N-dealkylation sites (N-methyl/N-ethyl adjacent to an activating group) is 1. The van der Waals surface area contributed by atoms with Gasteiger partial charge in [0, 0.05) is 0 Å². The van der Waals surface area contributed by atoms with Gasteiger partial charge in [-0.25, -0.2) is 0 Å². The highest BCUT2D eigenvalue weighted by molar-refractivity contribution is 9.10. The molecular formula is C9H11BrF3NO2. The SMILES string of the molecule is CNC(COCC(F)(F)F)c1ccc(Br)o1. The van der Waals surface area contributed by atoms with Crippen molar-refractivity contribution in [3.8, 4) is 0 Å². The topological polar surface area (TPSA) is 34.4 Å². The van der Waals surface area contributed by atoms with E-state index in [9.17, 15) is 13.2 Å². The third kappa shape index (κ3) is 4.54. The molecule has 3 nitrogen and oxygen atoms in total. The van der Waals surface area contributed by atoms with Crippen molar-refractivity contribution in [1.82, 2.24) is 5.32 Å². The second kappa shape index (κ2) is 5.70. The van der Waals surface area contributed by atoms with E-state index in [0.29, 0.717) is 10.4 Å². The molecule has 16 heavy (non-hydrogen) atoms. The summed E-state index contributed by atoms with van der Waals surface area (Å²) in [5, 5.41) is 2.81. The van der Waals surface area contributed by atoms with Gasteiger partial charge in [0.25, 0.3) is 0 Å². The van der Waals surface area contributed by atoms with Gasteiger partial charge in [-0.05, 0) is 35.1 Å². The first kappa shape index (κ1) is 13.5. The molecule has 0 radical (unpaired) electrons. The molecule has 1 rings (SSSR count). The lowest BCUT2D eigenvalue weighted by molar-refractivity contribution is -0.175. The molecule has 1 unspecified atom stereocenters. The van der Waals surface area contributed by atoms with E-state index in [0.717, 1.165) is 0 Å². The number of furan rings is 1. The monoisotopic (exact) mass is 301 g/mol. The van der Waals surface area contributed by atoms with Crippen molar-refractivity contribution in [2.45, 2.75) is 12.2 Å². The quantitative estimate of drug-likeness (QED) is 0.908. The van der Waals surface area contributed by atoms with Crippen LogP contribution in [0.1, 0.15) is 11.8 Å². The third-order valence-corrected chi connectivity index (χ3v) is 2.26. The Bertz CT molecular complexity index is 327. The highest BCUT2D eigenvalue weighted by Crippen LogP contribution is 2.21. The van der Waals surface area contributed by atoms with E-state index in [2.05, 4.69) is 26.0 Å². The van der Waals surface area contributed by atoms with E-state index in [1.165, 1.54) is 0 Å². The van der Waals surface area contributed by atoms with E-state index in [4.69, 9.17) is 4.42 Å². The Hall–Kier alpha value is -0.530. The van der Waals surface area contributed by atoms with Gasteiger partial charge in [0.1, 0.15) is 12.4 Å². The summed E-state index contributed by atoms with van der Waals surface area (Å²) < 4.78 is 45.8. The van der Waals surface area contributed by atoms with Crippen LogP contribution in [0.2, 0.25) is 0 Å². The van der Waals surface area contributed by atoms with Crippen molar-refractivity contribution < 1.29 is 22.3 Å². The van der Waals surface area contributed by atoms with Crippen LogP contribution in [0, 0.1) is 0 Å². The Kier molecular flexibility index (Phi) is 4.82. The molecule has 0 fully saturated rings. The first-order valence-electron chi connectivity index (χ1n) is 4.49. The maximum atomic E-state index is 11.8. The Morgan fingerprint density at radius 1 is 1.50 bits per heavy atom. The second-order valence-electron chi connectivity index (χ2n) is 3.11. The number of nitrogens with one attached hydrogen (secondary N) is 1. The van der Waals surface area contributed by atoms with Gasteiger partial charge in [0.2, 0.25) is 0 Å². The molecule has 1 N–H and O–H groups in total. The Balaban J connectivity index is 2.44. The number of alkyl halides is 3. The summed E-state index contributed by atoms with van der Waals surface area (Å²) in [6.07, 6.45) is -4.30. The number of rotatable bonds is 5. The zero-order chi connectivity index (χ0) is 12.2. The second-order valence-corrected chi connectivity index (χ2v) is 3.90. The minimum Gasteiger partial charge on any atom is -0.453 e. The summed E-state index contributed by atoms with van der Waals surface area (Å²) in [7, 11) is 1.62. The zero-order valence-corrected chi connectivity index (χ0v) is 10.1. The predicted molar refractivity (Wildman–Crippen MR) is 55.1 cm³/mol. The molecule has 92 valence electrons. The molecular weight excluding hydrogens is 291 g/mol. The fraction of sp³-hybridized carbons (Fsp3) is 0.556. The van der Waals surface area contributed by atoms with E-state index >= 15 is 0 Å². The van der Waals surface area contributed by atoms with Crippen LogP contribution < -0.4 is 5.32 Å². The molecule has 0 bridgehead atoms. The van der Waals surface area contributed by atoms with Crippen molar-refractivity contribution >= 4 is 15.9 Å². The largest absolute Gasteiger partial charge is 0.453 e. The van der Waals surface area contributed by atoms with Gasteiger partial charge in [0.05, 0.1) is 12.6 Å². The standard InChI is InChI=1S/C9H11BrF3NO2/c1-14-6(4-15-5-9(11,12)13)7-2-3-8(10)16-7/h2-3,6,14H,4-5H2,1H3. The molecule has 0 aliphatic carbocycles. The van der Waals surface area contributed by atoms with Crippen LogP contribution in [0.15, 0.2) is 21.2 Å². The smallest absolute Gasteiger partial charge is 0.411 e. The summed E-state index contributed by atoms with van der Waals surface area (Å²) >= 11 is 3.11. The van der Waals surface area contributed by atoms with Crippen LogP contribution in [-0.2, 0) is 4.74 Å². The van der Waals surface area contributed by atoms with Gasteiger partial charge in [-0.3, -0.25) is 0 Å². The molecule has 0 saturated heterocycles. The average Bonchev–Trinajstić information content (AvgIpc) is 2.58. The van der Waals surface area contributed by atoms with Crippen molar-refractivity contribution in [3.05, 3.63) is 22.6 Å². The molecule has 0 amide bonds. The van der Waals surface area contributed by atoms with Gasteiger partial charge in [-0.2, -0.15) is 13.2 Å². The fourth-order valence-electron chi connectivity index (χ4n) is 1.12. The first-order valence-corrected chi connectivity index (χ1v) is 5.28. The van der Waals surface area contributed by atoms with Gasteiger partial charge in [0.15, 0.2) is 4.67 Å². The van der Waals surface area contributed by atoms with Crippen LogP contribution in [0.3, 0.4) is 0 Å². The number of hydrogen-bond acceptors (Lipinski definition) is 3. The normalized spacial score (nSPS) is 14.1. The maximum absolute atomic E-state index is 11.8. The first-order chi connectivity index (χ1) is 7.42. The minimum atomic E-state index is -4.30. The molecule has 0 saturated carbocycles. The summed E-state index contributed by atoms with van der Waals surface area (Å²) in [4.78, 5) is 0. The number of ether oxygens (including phenoxy) is 1. The highest BCUT2D eigenvalue weighted by atomic mass is 79.9. The van der Waals surface area contributed by atoms with Crippen LogP contribution in [0.25, 0.3) is 0 Å². The summed E-state index contributed by atoms with van der Waals surface area (Å²) in [5.41, 5.74) is 0. The zero-order valence-electron chi connectivity index (χ0n) is 8.47. The van der Waals surface area contributed by atoms with Gasteiger partial charge in [-0.15, -0.1) is 0 Å². The molecule has 1 aromatic heterocycles. The average molecular weight is 302 g/mol. The minimum absolute atomic E-state index is 0.101. The van der Waals surface area contributed by atoms with Gasteiger partial charge >= 0.3 is 6.18 Å². The van der Waals surface area contributed by atoms with Gasteiger partial charge < -0.3 is 14.5 Å². The van der Waals surface area contributed by atoms with E-state index < -0.39 is 18.8 Å². The number of hydrogen-bond donors (Lipinski definition) is 1. The predicted octanol–water partition coefficient (Wildman–Crippen LogP) is 2.88. The lowest BCUT2D eigenvalue weighted by Crippen LogP contribution is -2.25. The number of halogens is 4. The Morgan fingerprint density at radius 3 is 2.62 bits per heavy atom.